The highest BCUT2D eigenvalue weighted by atomic mass is 16.6. The van der Waals surface area contributed by atoms with Crippen LogP contribution >= 0.6 is 0 Å². The average Bonchev–Trinajstić information content (AvgIpc) is 3.29. The van der Waals surface area contributed by atoms with E-state index in [-0.39, 0.29) is 12.1 Å². The maximum Gasteiger partial charge on any atom is 0.409 e. The summed E-state index contributed by atoms with van der Waals surface area (Å²) in [5.74, 6) is 2.52. The van der Waals surface area contributed by atoms with Crippen molar-refractivity contribution in [1.82, 2.24) is 4.90 Å². The van der Waals surface area contributed by atoms with E-state index < -0.39 is 0 Å². The summed E-state index contributed by atoms with van der Waals surface area (Å²) >= 11 is 0. The summed E-state index contributed by atoms with van der Waals surface area (Å²) in [6.07, 6.45) is 5.47. The molecule has 3 rings (SSSR count). The van der Waals surface area contributed by atoms with E-state index in [0.29, 0.717) is 13.2 Å². The number of para-hydroxylation sites is 1. The molecule has 2 aromatic rings. The third kappa shape index (κ3) is 6.55. The molecule has 32 heavy (non-hydrogen) atoms. The lowest BCUT2D eigenvalue weighted by Crippen LogP contribution is -2.36. The predicted octanol–water partition coefficient (Wildman–Crippen LogP) is 5.27. The van der Waals surface area contributed by atoms with E-state index in [9.17, 15) is 4.79 Å². The molecular formula is C26H35NO5. The Kier molecular flexibility index (Phi) is 9.08. The van der Waals surface area contributed by atoms with Gasteiger partial charge in [0.15, 0.2) is 0 Å². The molecule has 1 atom stereocenters. The summed E-state index contributed by atoms with van der Waals surface area (Å²) in [6.45, 7) is 3.70. The summed E-state index contributed by atoms with van der Waals surface area (Å²) in [6, 6.07) is 14.4. The summed E-state index contributed by atoms with van der Waals surface area (Å²) in [5.41, 5.74) is 2.35. The monoisotopic (exact) mass is 441 g/mol. The van der Waals surface area contributed by atoms with Gasteiger partial charge < -0.3 is 23.8 Å². The fourth-order valence-corrected chi connectivity index (χ4v) is 4.22. The van der Waals surface area contributed by atoms with Gasteiger partial charge in [-0.15, -0.1) is 0 Å². The molecule has 0 saturated carbocycles. The molecule has 0 unspecified atom stereocenters. The lowest BCUT2D eigenvalue weighted by Gasteiger charge is -2.23. The van der Waals surface area contributed by atoms with Crippen LogP contribution in [0, 0.1) is 0 Å². The number of rotatable bonds is 11. The lowest BCUT2D eigenvalue weighted by molar-refractivity contribution is 0.100. The molecule has 1 aliphatic rings. The molecule has 1 heterocycles. The van der Waals surface area contributed by atoms with Gasteiger partial charge in [0.05, 0.1) is 27.4 Å². The summed E-state index contributed by atoms with van der Waals surface area (Å²) in [7, 11) is 3.33. The van der Waals surface area contributed by atoms with Gasteiger partial charge in [-0.1, -0.05) is 18.2 Å². The molecule has 6 heteroatoms. The number of benzene rings is 2. The highest BCUT2D eigenvalue weighted by Gasteiger charge is 2.29. The molecule has 0 bridgehead atoms. The molecule has 0 spiro atoms. The number of carbonyl (C=O) groups is 1. The van der Waals surface area contributed by atoms with Crippen LogP contribution in [-0.4, -0.2) is 51.0 Å². The normalized spacial score (nSPS) is 15.5. The molecule has 2 aromatic carbocycles. The minimum Gasteiger partial charge on any atom is -0.497 e. The molecular weight excluding hydrogens is 406 g/mol. The summed E-state index contributed by atoms with van der Waals surface area (Å²) in [4.78, 5) is 14.0. The van der Waals surface area contributed by atoms with Crippen LogP contribution in [0.2, 0.25) is 0 Å². The zero-order valence-corrected chi connectivity index (χ0v) is 19.5. The molecule has 6 nitrogen and oxygen atoms in total. The van der Waals surface area contributed by atoms with E-state index >= 15 is 0 Å². The predicted molar refractivity (Wildman–Crippen MR) is 125 cm³/mol. The second-order valence-electron chi connectivity index (χ2n) is 8.01. The van der Waals surface area contributed by atoms with Gasteiger partial charge in [-0.2, -0.15) is 0 Å². The molecule has 0 radical (unpaired) electrons. The van der Waals surface area contributed by atoms with E-state index in [1.807, 2.05) is 48.2 Å². The molecule has 1 fully saturated rings. The number of hydrogen-bond acceptors (Lipinski definition) is 5. The zero-order valence-electron chi connectivity index (χ0n) is 19.5. The largest absolute Gasteiger partial charge is 0.497 e. The van der Waals surface area contributed by atoms with Crippen LogP contribution in [0.4, 0.5) is 4.79 Å². The van der Waals surface area contributed by atoms with Gasteiger partial charge in [-0.25, -0.2) is 4.79 Å². The Bertz CT molecular complexity index is 847. The fourth-order valence-electron chi connectivity index (χ4n) is 4.22. The fraction of sp³-hybridized carbons (Fsp3) is 0.500. The molecule has 0 aliphatic carbocycles. The van der Waals surface area contributed by atoms with Crippen LogP contribution in [0.5, 0.6) is 17.2 Å². The second-order valence-corrected chi connectivity index (χ2v) is 8.01. The number of methoxy groups -OCH3 is 2. The van der Waals surface area contributed by atoms with Gasteiger partial charge in [-0.3, -0.25) is 0 Å². The number of ether oxygens (including phenoxy) is 4. The van der Waals surface area contributed by atoms with Crippen molar-refractivity contribution in [2.24, 2.45) is 0 Å². The Labute approximate surface area is 191 Å². The van der Waals surface area contributed by atoms with Crippen molar-refractivity contribution in [3.8, 4) is 17.2 Å². The first-order chi connectivity index (χ1) is 15.6. The highest BCUT2D eigenvalue weighted by Crippen LogP contribution is 2.26. The quantitative estimate of drug-likeness (QED) is 0.445. The molecule has 0 N–H and O–H groups in total. The minimum absolute atomic E-state index is 0.185. The van der Waals surface area contributed by atoms with Crippen molar-refractivity contribution in [2.45, 2.75) is 51.5 Å². The first-order valence-electron chi connectivity index (χ1n) is 11.5. The van der Waals surface area contributed by atoms with Crippen LogP contribution in [0.1, 0.15) is 43.7 Å². The third-order valence-corrected chi connectivity index (χ3v) is 5.89. The van der Waals surface area contributed by atoms with Crippen LogP contribution in [0.3, 0.4) is 0 Å². The smallest absolute Gasteiger partial charge is 0.409 e. The van der Waals surface area contributed by atoms with Crippen molar-refractivity contribution in [3.05, 3.63) is 53.6 Å². The van der Waals surface area contributed by atoms with Gasteiger partial charge in [0.1, 0.15) is 17.2 Å². The molecule has 0 aromatic heterocycles. The average molecular weight is 442 g/mol. The van der Waals surface area contributed by atoms with E-state index in [2.05, 4.69) is 6.07 Å². The Morgan fingerprint density at radius 2 is 1.81 bits per heavy atom. The summed E-state index contributed by atoms with van der Waals surface area (Å²) in [5, 5.41) is 0. The van der Waals surface area contributed by atoms with Gasteiger partial charge in [0.25, 0.3) is 0 Å². The summed E-state index contributed by atoms with van der Waals surface area (Å²) < 4.78 is 22.1. The molecule has 1 amide bonds. The minimum atomic E-state index is -0.185. The number of carbonyl (C=O) groups excluding carboxylic acids is 1. The number of aryl methyl sites for hydroxylation is 2. The van der Waals surface area contributed by atoms with E-state index in [1.165, 1.54) is 5.56 Å². The molecule has 1 aliphatic heterocycles. The van der Waals surface area contributed by atoms with E-state index in [4.69, 9.17) is 18.9 Å². The SMILES string of the molecule is CCOC(=O)N1CCC[C@H]1CCCOc1ccccc1CCc1cc(OC)cc(OC)c1. The third-order valence-electron chi connectivity index (χ3n) is 5.89. The van der Waals surface area contributed by atoms with Crippen molar-refractivity contribution >= 4 is 6.09 Å². The lowest BCUT2D eigenvalue weighted by atomic mass is 10.0. The maximum atomic E-state index is 12.1. The first kappa shape index (κ1) is 23.8. The second kappa shape index (κ2) is 12.2. The number of likely N-dealkylation sites (tertiary alicyclic amines) is 1. The van der Waals surface area contributed by atoms with Crippen LogP contribution in [-0.2, 0) is 17.6 Å². The van der Waals surface area contributed by atoms with Crippen LogP contribution in [0.15, 0.2) is 42.5 Å². The zero-order chi connectivity index (χ0) is 22.8. The molecule has 1 saturated heterocycles. The number of amides is 1. The Hall–Kier alpha value is -2.89. The maximum absolute atomic E-state index is 12.1. The Balaban J connectivity index is 1.51. The van der Waals surface area contributed by atoms with Crippen molar-refractivity contribution in [2.75, 3.05) is 34.0 Å². The number of hydrogen-bond donors (Lipinski definition) is 0. The van der Waals surface area contributed by atoms with Gasteiger partial charge in [0, 0.05) is 18.7 Å². The Morgan fingerprint density at radius 3 is 2.53 bits per heavy atom. The van der Waals surface area contributed by atoms with Crippen molar-refractivity contribution in [1.29, 1.82) is 0 Å². The van der Waals surface area contributed by atoms with Gasteiger partial charge >= 0.3 is 6.09 Å². The van der Waals surface area contributed by atoms with Crippen LogP contribution in [0.25, 0.3) is 0 Å². The standard InChI is InChI=1S/C26H35NO5/c1-4-31-26(28)27-15-7-10-22(27)11-8-16-32-25-12-6-5-9-21(25)14-13-20-17-23(29-2)19-24(18-20)30-3/h5-6,9,12,17-19,22H,4,7-8,10-11,13-16H2,1-3H3/t22-/m0/s1. The van der Waals surface area contributed by atoms with E-state index in [1.54, 1.807) is 14.2 Å². The topological polar surface area (TPSA) is 57.2 Å². The first-order valence-corrected chi connectivity index (χ1v) is 11.5. The van der Waals surface area contributed by atoms with Gasteiger partial charge in [0.2, 0.25) is 0 Å². The van der Waals surface area contributed by atoms with Crippen molar-refractivity contribution < 1.29 is 23.7 Å². The Morgan fingerprint density at radius 1 is 1.06 bits per heavy atom. The highest BCUT2D eigenvalue weighted by molar-refractivity contribution is 5.68. The van der Waals surface area contributed by atoms with Crippen LogP contribution < -0.4 is 14.2 Å². The number of nitrogens with zero attached hydrogens (tertiary/aromatic N) is 1. The van der Waals surface area contributed by atoms with E-state index in [0.717, 1.165) is 67.9 Å². The van der Waals surface area contributed by atoms with Crippen molar-refractivity contribution in [3.63, 3.8) is 0 Å². The van der Waals surface area contributed by atoms with Gasteiger partial charge in [-0.05, 0) is 74.8 Å². The molecule has 174 valence electrons.